The van der Waals surface area contributed by atoms with E-state index in [2.05, 4.69) is 9.97 Å². The van der Waals surface area contributed by atoms with Gasteiger partial charge in [-0.3, -0.25) is 0 Å². The van der Waals surface area contributed by atoms with Crippen molar-refractivity contribution in [3.8, 4) is 17.7 Å². The predicted octanol–water partition coefficient (Wildman–Crippen LogP) is 1.54. The highest BCUT2D eigenvalue weighted by Crippen LogP contribution is 2.23. The Kier molecular flexibility index (Phi) is 3.44. The molecular formula is C12H9N3O3S. The van der Waals surface area contributed by atoms with Crippen molar-refractivity contribution in [2.45, 2.75) is 4.90 Å². The van der Waals surface area contributed by atoms with Gasteiger partial charge >= 0.3 is 0 Å². The van der Waals surface area contributed by atoms with Gasteiger partial charge in [-0.05, 0) is 18.2 Å². The van der Waals surface area contributed by atoms with Crippen molar-refractivity contribution in [2.75, 3.05) is 6.26 Å². The molecular weight excluding hydrogens is 266 g/mol. The van der Waals surface area contributed by atoms with Crippen LogP contribution in [0.1, 0.15) is 5.69 Å². The number of ether oxygens (including phenoxy) is 1. The molecule has 6 nitrogen and oxygen atoms in total. The number of nitriles is 1. The Balaban J connectivity index is 2.37. The van der Waals surface area contributed by atoms with Crippen LogP contribution >= 0.6 is 0 Å². The van der Waals surface area contributed by atoms with E-state index in [0.29, 0.717) is 0 Å². The summed E-state index contributed by atoms with van der Waals surface area (Å²) < 4.78 is 28.2. The lowest BCUT2D eigenvalue weighted by Crippen LogP contribution is -1.98. The van der Waals surface area contributed by atoms with E-state index >= 15 is 0 Å². The van der Waals surface area contributed by atoms with Gasteiger partial charge in [-0.2, -0.15) is 5.26 Å². The molecule has 2 aromatic rings. The van der Waals surface area contributed by atoms with Crippen LogP contribution in [0.25, 0.3) is 0 Å². The predicted molar refractivity (Wildman–Crippen MR) is 66.4 cm³/mol. The summed E-state index contributed by atoms with van der Waals surface area (Å²) >= 11 is 0. The largest absolute Gasteiger partial charge is 0.436 e. The third-order valence-corrected chi connectivity index (χ3v) is 3.33. The van der Waals surface area contributed by atoms with Gasteiger partial charge in [-0.15, -0.1) is 0 Å². The molecule has 0 atom stereocenters. The van der Waals surface area contributed by atoms with Crippen LogP contribution in [0.4, 0.5) is 0 Å². The van der Waals surface area contributed by atoms with Crippen molar-refractivity contribution in [2.24, 2.45) is 0 Å². The minimum atomic E-state index is -3.31. The molecule has 0 fully saturated rings. The summed E-state index contributed by atoms with van der Waals surface area (Å²) in [4.78, 5) is 7.81. The molecule has 0 unspecified atom stereocenters. The summed E-state index contributed by atoms with van der Waals surface area (Å²) in [6.07, 6.45) is 3.87. The van der Waals surface area contributed by atoms with Crippen LogP contribution in [0.3, 0.4) is 0 Å². The highest BCUT2D eigenvalue weighted by Gasteiger charge is 2.10. The number of rotatable bonds is 3. The molecule has 0 saturated heterocycles. The highest BCUT2D eigenvalue weighted by atomic mass is 32.2. The normalized spacial score (nSPS) is 10.7. The van der Waals surface area contributed by atoms with Gasteiger partial charge in [0, 0.05) is 18.6 Å². The average molecular weight is 275 g/mol. The molecule has 1 aromatic carbocycles. The topological polar surface area (TPSA) is 92.9 Å². The smallest absolute Gasteiger partial charge is 0.256 e. The van der Waals surface area contributed by atoms with E-state index in [1.54, 1.807) is 12.1 Å². The number of sulfone groups is 1. The number of nitrogens with zero attached hydrogens (tertiary/aromatic N) is 3. The molecule has 1 aromatic heterocycles. The molecule has 0 amide bonds. The fourth-order valence-electron chi connectivity index (χ4n) is 1.36. The summed E-state index contributed by atoms with van der Waals surface area (Å²) in [6, 6.07) is 7.80. The van der Waals surface area contributed by atoms with E-state index in [1.165, 1.54) is 24.5 Å². The van der Waals surface area contributed by atoms with Crippen LogP contribution in [0, 0.1) is 11.3 Å². The Morgan fingerprint density at radius 2 is 2.00 bits per heavy atom. The summed E-state index contributed by atoms with van der Waals surface area (Å²) in [6.45, 7) is 0. The summed E-state index contributed by atoms with van der Waals surface area (Å²) in [5, 5.41) is 8.85. The van der Waals surface area contributed by atoms with Crippen LogP contribution in [0.15, 0.2) is 41.6 Å². The Morgan fingerprint density at radius 1 is 1.26 bits per heavy atom. The lowest BCUT2D eigenvalue weighted by atomic mass is 10.3. The Morgan fingerprint density at radius 3 is 2.68 bits per heavy atom. The number of aromatic nitrogens is 2. The fraction of sp³-hybridized carbons (Fsp3) is 0.0833. The first-order valence-corrected chi connectivity index (χ1v) is 7.09. The molecule has 0 aliphatic carbocycles. The third-order valence-electron chi connectivity index (χ3n) is 2.22. The minimum Gasteiger partial charge on any atom is -0.436 e. The minimum absolute atomic E-state index is 0.0345. The zero-order valence-corrected chi connectivity index (χ0v) is 10.8. The zero-order valence-electron chi connectivity index (χ0n) is 9.94. The van der Waals surface area contributed by atoms with E-state index in [0.717, 1.165) is 6.26 Å². The molecule has 96 valence electrons. The molecule has 0 aliphatic heterocycles. The van der Waals surface area contributed by atoms with Crippen molar-refractivity contribution >= 4 is 9.84 Å². The molecule has 0 saturated carbocycles. The second kappa shape index (κ2) is 5.04. The standard InChI is InChI=1S/C12H9N3O3S/c1-19(16,17)10-4-2-3-9(7-10)18-12-11(8-13)14-5-6-15-12/h2-7H,1H3. The van der Waals surface area contributed by atoms with E-state index in [-0.39, 0.29) is 22.2 Å². The SMILES string of the molecule is CS(=O)(=O)c1cccc(Oc2nccnc2C#N)c1. The van der Waals surface area contributed by atoms with E-state index < -0.39 is 9.84 Å². The van der Waals surface area contributed by atoms with Gasteiger partial charge in [0.25, 0.3) is 5.88 Å². The molecule has 0 bridgehead atoms. The maximum Gasteiger partial charge on any atom is 0.256 e. The van der Waals surface area contributed by atoms with Crippen LogP contribution < -0.4 is 4.74 Å². The van der Waals surface area contributed by atoms with Crippen LogP contribution in [0.2, 0.25) is 0 Å². The number of hydrogen-bond acceptors (Lipinski definition) is 6. The van der Waals surface area contributed by atoms with Gasteiger partial charge in [-0.25, -0.2) is 18.4 Å². The Bertz CT molecular complexity index is 751. The Labute approximate surface area is 110 Å². The van der Waals surface area contributed by atoms with Gasteiger partial charge in [0.1, 0.15) is 11.8 Å². The van der Waals surface area contributed by atoms with Crippen LogP contribution in [0.5, 0.6) is 11.6 Å². The van der Waals surface area contributed by atoms with Gasteiger partial charge in [0.05, 0.1) is 4.90 Å². The first kappa shape index (κ1) is 13.0. The molecule has 0 spiro atoms. The van der Waals surface area contributed by atoms with Crippen LogP contribution in [-0.4, -0.2) is 24.6 Å². The second-order valence-electron chi connectivity index (χ2n) is 3.67. The highest BCUT2D eigenvalue weighted by molar-refractivity contribution is 7.90. The fourth-order valence-corrected chi connectivity index (χ4v) is 2.01. The Hall–Kier alpha value is -2.46. The van der Waals surface area contributed by atoms with E-state index in [9.17, 15) is 8.42 Å². The maximum atomic E-state index is 11.4. The van der Waals surface area contributed by atoms with Gasteiger partial charge in [0.15, 0.2) is 9.84 Å². The molecule has 0 N–H and O–H groups in total. The van der Waals surface area contributed by atoms with Crippen LogP contribution in [-0.2, 0) is 9.84 Å². The quantitative estimate of drug-likeness (QED) is 0.843. The lowest BCUT2D eigenvalue weighted by molar-refractivity contribution is 0.456. The zero-order chi connectivity index (χ0) is 13.9. The van der Waals surface area contributed by atoms with Gasteiger partial charge < -0.3 is 4.74 Å². The van der Waals surface area contributed by atoms with Crippen molar-refractivity contribution in [3.05, 3.63) is 42.4 Å². The lowest BCUT2D eigenvalue weighted by Gasteiger charge is -2.06. The molecule has 2 rings (SSSR count). The van der Waals surface area contributed by atoms with E-state index in [4.69, 9.17) is 10.00 Å². The summed E-state index contributed by atoms with van der Waals surface area (Å²) in [5.74, 6) is 0.315. The third kappa shape index (κ3) is 3.05. The van der Waals surface area contributed by atoms with Crippen molar-refractivity contribution in [1.29, 1.82) is 5.26 Å². The number of benzene rings is 1. The molecule has 1 heterocycles. The summed E-state index contributed by atoms with van der Waals surface area (Å²) in [7, 11) is -3.31. The molecule has 19 heavy (non-hydrogen) atoms. The second-order valence-corrected chi connectivity index (χ2v) is 5.69. The first-order chi connectivity index (χ1) is 9.00. The maximum absolute atomic E-state index is 11.4. The molecule has 7 heteroatoms. The number of hydrogen-bond donors (Lipinski definition) is 0. The van der Waals surface area contributed by atoms with Crippen molar-refractivity contribution in [1.82, 2.24) is 9.97 Å². The van der Waals surface area contributed by atoms with Crippen molar-refractivity contribution in [3.63, 3.8) is 0 Å². The molecule has 0 aliphatic rings. The monoisotopic (exact) mass is 275 g/mol. The molecule has 0 radical (unpaired) electrons. The van der Waals surface area contributed by atoms with Gasteiger partial charge in [0.2, 0.25) is 5.69 Å². The first-order valence-electron chi connectivity index (χ1n) is 5.20. The average Bonchev–Trinajstić information content (AvgIpc) is 2.39. The van der Waals surface area contributed by atoms with Crippen molar-refractivity contribution < 1.29 is 13.2 Å². The van der Waals surface area contributed by atoms with E-state index in [1.807, 2.05) is 6.07 Å². The van der Waals surface area contributed by atoms with Gasteiger partial charge in [-0.1, -0.05) is 6.07 Å². The summed E-state index contributed by atoms with van der Waals surface area (Å²) in [5.41, 5.74) is 0.0345.